The van der Waals surface area contributed by atoms with E-state index < -0.39 is 27.5 Å². The standard InChI is InChI=1S/C28H35N5O6S/c1-18-9-20-7-8-29-11-25(20)40(36,37)32(12-18)13-22-10-21(6-5-19(22)2)26(28(3,4)27(34)35)39-15-23-14-33(31-30-23)24-16-38-17-24/h5-8,10-11,14,18,24,26H,9,12-13,15-17H2,1-4H3,(H,34,35)/t18-,26?/m0/s1. The molecule has 0 saturated carbocycles. The maximum Gasteiger partial charge on any atom is 0.312 e. The molecule has 5 rings (SSSR count). The number of rotatable bonds is 9. The van der Waals surface area contributed by atoms with Crippen LogP contribution < -0.4 is 0 Å². The first-order valence-corrected chi connectivity index (χ1v) is 14.8. The second kappa shape index (κ2) is 11.0. The minimum Gasteiger partial charge on any atom is -0.481 e. The highest BCUT2D eigenvalue weighted by molar-refractivity contribution is 7.89. The second-order valence-electron chi connectivity index (χ2n) is 11.4. The molecule has 1 fully saturated rings. The quantitative estimate of drug-likeness (QED) is 0.411. The molecule has 0 amide bonds. The Bertz CT molecular complexity index is 1500. The number of carboxylic acid groups (broad SMARTS) is 1. The maximum atomic E-state index is 13.6. The number of sulfonamides is 1. The van der Waals surface area contributed by atoms with Gasteiger partial charge in [0.1, 0.15) is 16.6 Å². The number of aliphatic carboxylic acids is 1. The van der Waals surface area contributed by atoms with Crippen LogP contribution in [0.25, 0.3) is 0 Å². The number of aryl methyl sites for hydroxylation is 1. The molecule has 4 heterocycles. The molecule has 0 bridgehead atoms. The Morgan fingerprint density at radius 2 is 2.05 bits per heavy atom. The van der Waals surface area contributed by atoms with Crippen molar-refractivity contribution in [2.24, 2.45) is 11.3 Å². The van der Waals surface area contributed by atoms with Gasteiger partial charge in [-0.2, -0.15) is 4.31 Å². The highest BCUT2D eigenvalue weighted by atomic mass is 32.2. The molecule has 2 aliphatic rings. The van der Waals surface area contributed by atoms with Crippen LogP contribution in [-0.4, -0.2) is 63.5 Å². The van der Waals surface area contributed by atoms with Gasteiger partial charge in [0, 0.05) is 25.5 Å². The summed E-state index contributed by atoms with van der Waals surface area (Å²) in [6.45, 7) is 8.94. The normalized spacial score (nSPS) is 20.4. The van der Waals surface area contributed by atoms with Crippen molar-refractivity contribution in [1.82, 2.24) is 24.3 Å². The minimum atomic E-state index is -3.77. The molecule has 1 N–H and O–H groups in total. The molecule has 2 aromatic heterocycles. The largest absolute Gasteiger partial charge is 0.481 e. The Labute approximate surface area is 234 Å². The molecule has 11 nitrogen and oxygen atoms in total. The van der Waals surface area contributed by atoms with Crippen LogP contribution in [0.1, 0.15) is 60.9 Å². The summed E-state index contributed by atoms with van der Waals surface area (Å²) in [5, 5.41) is 18.4. The van der Waals surface area contributed by atoms with Crippen LogP contribution in [-0.2, 0) is 43.9 Å². The lowest BCUT2D eigenvalue weighted by Crippen LogP contribution is -2.34. The van der Waals surface area contributed by atoms with Gasteiger partial charge in [0.05, 0.1) is 37.5 Å². The number of ether oxygens (including phenoxy) is 2. The van der Waals surface area contributed by atoms with E-state index >= 15 is 0 Å². The topological polar surface area (TPSA) is 137 Å². The Kier molecular flexibility index (Phi) is 7.79. The van der Waals surface area contributed by atoms with Crippen LogP contribution in [0.3, 0.4) is 0 Å². The van der Waals surface area contributed by atoms with E-state index in [1.807, 2.05) is 32.0 Å². The fourth-order valence-electron chi connectivity index (χ4n) is 5.13. The zero-order valence-corrected chi connectivity index (χ0v) is 24.0. The van der Waals surface area contributed by atoms with Crippen LogP contribution in [0.5, 0.6) is 0 Å². The van der Waals surface area contributed by atoms with Gasteiger partial charge in [0.15, 0.2) is 0 Å². The first-order chi connectivity index (χ1) is 19.0. The smallest absolute Gasteiger partial charge is 0.312 e. The lowest BCUT2D eigenvalue weighted by atomic mass is 9.81. The Hall–Kier alpha value is -3.19. The average molecular weight is 570 g/mol. The molecule has 40 heavy (non-hydrogen) atoms. The molecule has 0 spiro atoms. The van der Waals surface area contributed by atoms with Crippen molar-refractivity contribution in [3.8, 4) is 0 Å². The van der Waals surface area contributed by atoms with Crippen LogP contribution in [0.2, 0.25) is 0 Å². The minimum absolute atomic E-state index is 0.0694. The van der Waals surface area contributed by atoms with Crippen molar-refractivity contribution < 1.29 is 27.8 Å². The lowest BCUT2D eigenvalue weighted by molar-refractivity contribution is -0.158. The van der Waals surface area contributed by atoms with Gasteiger partial charge in [0.25, 0.3) is 0 Å². The maximum absolute atomic E-state index is 13.6. The number of aromatic nitrogens is 4. The molecule has 3 aromatic rings. The van der Waals surface area contributed by atoms with E-state index in [0.717, 1.165) is 16.7 Å². The molecular weight excluding hydrogens is 534 g/mol. The number of pyridine rings is 1. The van der Waals surface area contributed by atoms with Gasteiger partial charge in [-0.15, -0.1) is 5.10 Å². The van der Waals surface area contributed by atoms with Crippen molar-refractivity contribution in [3.05, 3.63) is 70.8 Å². The molecular formula is C28H35N5O6S. The third-order valence-electron chi connectivity index (χ3n) is 7.75. The fourth-order valence-corrected chi connectivity index (χ4v) is 6.85. The summed E-state index contributed by atoms with van der Waals surface area (Å²) in [5.41, 5.74) is 2.41. The van der Waals surface area contributed by atoms with E-state index in [1.54, 1.807) is 37.0 Å². The molecule has 1 unspecified atom stereocenters. The number of benzene rings is 1. The summed E-state index contributed by atoms with van der Waals surface area (Å²) in [4.78, 5) is 16.6. The number of fused-ring (bicyclic) bond motifs is 1. The summed E-state index contributed by atoms with van der Waals surface area (Å²) in [5.74, 6) is -0.897. The van der Waals surface area contributed by atoms with Gasteiger partial charge in [0.2, 0.25) is 10.0 Å². The summed E-state index contributed by atoms with van der Waals surface area (Å²) in [6.07, 6.45) is 4.65. The van der Waals surface area contributed by atoms with Crippen molar-refractivity contribution >= 4 is 16.0 Å². The van der Waals surface area contributed by atoms with Gasteiger partial charge >= 0.3 is 5.97 Å². The number of nitrogens with zero attached hydrogens (tertiary/aromatic N) is 5. The van der Waals surface area contributed by atoms with Crippen molar-refractivity contribution in [2.45, 2.75) is 64.3 Å². The van der Waals surface area contributed by atoms with Gasteiger partial charge in [-0.25, -0.2) is 13.1 Å². The Balaban J connectivity index is 1.43. The SMILES string of the molecule is Cc1ccc(C(OCc2cn(C3COC3)nn2)C(C)(C)C(=O)O)cc1CN1C[C@@H](C)Cc2ccncc2S1(=O)=O. The van der Waals surface area contributed by atoms with E-state index in [2.05, 4.69) is 15.3 Å². The first kappa shape index (κ1) is 28.3. The van der Waals surface area contributed by atoms with E-state index in [4.69, 9.17) is 9.47 Å². The van der Waals surface area contributed by atoms with Crippen LogP contribution >= 0.6 is 0 Å². The van der Waals surface area contributed by atoms with Gasteiger partial charge < -0.3 is 14.6 Å². The van der Waals surface area contributed by atoms with E-state index in [1.165, 1.54) is 10.5 Å². The Morgan fingerprint density at radius 1 is 1.27 bits per heavy atom. The van der Waals surface area contributed by atoms with E-state index in [9.17, 15) is 18.3 Å². The molecule has 2 atom stereocenters. The summed E-state index contributed by atoms with van der Waals surface area (Å²) < 4.78 is 42.0. The summed E-state index contributed by atoms with van der Waals surface area (Å²) in [6, 6.07) is 7.51. The first-order valence-electron chi connectivity index (χ1n) is 13.3. The predicted molar refractivity (Wildman–Crippen MR) is 145 cm³/mol. The van der Waals surface area contributed by atoms with E-state index in [-0.39, 0.29) is 30.0 Å². The van der Waals surface area contributed by atoms with Crippen molar-refractivity contribution in [2.75, 3.05) is 19.8 Å². The molecule has 1 aromatic carbocycles. The number of hydrogen-bond donors (Lipinski definition) is 1. The molecule has 12 heteroatoms. The lowest BCUT2D eigenvalue weighted by Gasteiger charge is -2.31. The third kappa shape index (κ3) is 5.53. The summed E-state index contributed by atoms with van der Waals surface area (Å²) >= 11 is 0. The Morgan fingerprint density at radius 3 is 2.75 bits per heavy atom. The fraction of sp³-hybridized carbons (Fsp3) is 0.500. The summed E-state index contributed by atoms with van der Waals surface area (Å²) in [7, 11) is -3.77. The molecule has 214 valence electrons. The number of hydrogen-bond acceptors (Lipinski definition) is 8. The zero-order chi connectivity index (χ0) is 28.7. The molecule has 0 radical (unpaired) electrons. The third-order valence-corrected chi connectivity index (χ3v) is 9.63. The van der Waals surface area contributed by atoms with Crippen LogP contribution in [0.15, 0.2) is 47.8 Å². The van der Waals surface area contributed by atoms with Gasteiger partial charge in [-0.3, -0.25) is 9.78 Å². The molecule has 1 saturated heterocycles. The highest BCUT2D eigenvalue weighted by Gasteiger charge is 2.40. The monoisotopic (exact) mass is 569 g/mol. The highest BCUT2D eigenvalue weighted by Crippen LogP contribution is 2.39. The van der Waals surface area contributed by atoms with Gasteiger partial charge in [-0.1, -0.05) is 30.3 Å². The van der Waals surface area contributed by atoms with Gasteiger partial charge in [-0.05, 0) is 61.4 Å². The van der Waals surface area contributed by atoms with Crippen LogP contribution in [0, 0.1) is 18.3 Å². The average Bonchev–Trinajstić information content (AvgIpc) is 3.28. The molecule has 0 aliphatic carbocycles. The molecule has 2 aliphatic heterocycles. The predicted octanol–water partition coefficient (Wildman–Crippen LogP) is 3.30. The second-order valence-corrected chi connectivity index (χ2v) is 13.3. The number of carboxylic acids is 1. The zero-order valence-electron chi connectivity index (χ0n) is 23.1. The van der Waals surface area contributed by atoms with Crippen molar-refractivity contribution in [3.63, 3.8) is 0 Å². The van der Waals surface area contributed by atoms with Crippen molar-refractivity contribution in [1.29, 1.82) is 0 Å². The van der Waals surface area contributed by atoms with Crippen LogP contribution in [0.4, 0.5) is 0 Å². The van der Waals surface area contributed by atoms with E-state index in [0.29, 0.717) is 37.4 Å². The number of carbonyl (C=O) groups is 1.